The molecule has 2 aromatic carbocycles. The molecule has 286 valence electrons. The molecule has 4 N–H and O–H groups in total. The lowest BCUT2D eigenvalue weighted by atomic mass is 9.21. The number of para-hydroxylation sites is 1. The van der Waals surface area contributed by atoms with Crippen molar-refractivity contribution < 1.29 is 33.8 Å². The third-order valence-electron chi connectivity index (χ3n) is 13.0. The highest BCUT2D eigenvalue weighted by Crippen LogP contribution is 2.81. The van der Waals surface area contributed by atoms with Gasteiger partial charge in [0.1, 0.15) is 23.7 Å². The van der Waals surface area contributed by atoms with Gasteiger partial charge in [0.15, 0.2) is 0 Å². The van der Waals surface area contributed by atoms with Crippen LogP contribution < -0.4 is 15.4 Å². The Bertz CT molecular complexity index is 1630. The van der Waals surface area contributed by atoms with Crippen molar-refractivity contribution in [2.24, 2.45) is 46.8 Å². The number of hydrogen-bond acceptors (Lipinski definition) is 8. The lowest BCUT2D eigenvalue weighted by molar-refractivity contribution is -0.349. The number of amides is 2. The number of aliphatic hydroxyl groups is 2. The summed E-state index contributed by atoms with van der Waals surface area (Å²) in [7, 11) is 5.55. The molecule has 0 bridgehead atoms. The first kappa shape index (κ1) is 38.6. The van der Waals surface area contributed by atoms with Gasteiger partial charge in [-0.05, 0) is 92.5 Å². The number of nitrogens with zero attached hydrogens (tertiary/aromatic N) is 2. The maximum atomic E-state index is 15.2. The van der Waals surface area contributed by atoms with Crippen LogP contribution in [0.25, 0.3) is 11.1 Å². The molecule has 0 aromatic heterocycles. The van der Waals surface area contributed by atoms with Gasteiger partial charge in [0.2, 0.25) is 5.91 Å². The Morgan fingerprint density at radius 2 is 1.88 bits per heavy atom. The van der Waals surface area contributed by atoms with Gasteiger partial charge in [-0.15, -0.1) is 0 Å². The Kier molecular flexibility index (Phi) is 10.9. The van der Waals surface area contributed by atoms with Crippen LogP contribution in [-0.4, -0.2) is 96.7 Å². The van der Waals surface area contributed by atoms with Crippen molar-refractivity contribution in [3.8, 4) is 16.9 Å². The van der Waals surface area contributed by atoms with E-state index >= 15 is 4.39 Å². The molecule has 11 heteroatoms. The molecule has 4 aliphatic rings. The van der Waals surface area contributed by atoms with Crippen LogP contribution in [0.5, 0.6) is 5.75 Å². The summed E-state index contributed by atoms with van der Waals surface area (Å²) in [4.78, 5) is 36.0. The minimum absolute atomic E-state index is 0.0526. The molecule has 10 atom stereocenters. The zero-order chi connectivity index (χ0) is 37.9. The number of halogens is 1. The summed E-state index contributed by atoms with van der Waals surface area (Å²) in [5, 5.41) is 29.2. The molecule has 1 aliphatic heterocycles. The molecule has 1 heterocycles. The Morgan fingerprint density at radius 3 is 2.48 bits per heavy atom. The molecule has 6 rings (SSSR count). The third-order valence-corrected chi connectivity index (χ3v) is 13.0. The summed E-state index contributed by atoms with van der Waals surface area (Å²) in [6.07, 6.45) is 0.193. The SMILES string of the molecule is COc1c(CN2O[C@@H](CO)[C@@H]([C@H](C)O)[C@H]2C(=O)N[C@@]23C[C@H]4C2[C@@H]([C@@H]3C)C4(C)C)cccc1-c1ccc(F)c(C(=O)NCC(CC(C)C)CN(C)C)c1. The number of hydrogen-bond donors (Lipinski definition) is 4. The number of carbonyl (C=O) groups excluding carboxylic acids is 2. The van der Waals surface area contributed by atoms with E-state index in [1.165, 1.54) is 6.07 Å². The number of methoxy groups -OCH3 is 1. The molecular weight excluding hydrogens is 663 g/mol. The third kappa shape index (κ3) is 6.54. The summed E-state index contributed by atoms with van der Waals surface area (Å²) < 4.78 is 21.1. The van der Waals surface area contributed by atoms with Gasteiger partial charge in [0, 0.05) is 35.7 Å². The van der Waals surface area contributed by atoms with E-state index in [-0.39, 0.29) is 36.1 Å². The fourth-order valence-electron chi connectivity index (χ4n) is 10.7. The van der Waals surface area contributed by atoms with Crippen LogP contribution in [0.1, 0.15) is 70.3 Å². The number of hydroxylamine groups is 2. The predicted molar refractivity (Wildman–Crippen MR) is 198 cm³/mol. The van der Waals surface area contributed by atoms with Gasteiger partial charge in [0.05, 0.1) is 31.9 Å². The van der Waals surface area contributed by atoms with Crippen molar-refractivity contribution in [1.29, 1.82) is 0 Å². The lowest BCUT2D eigenvalue weighted by Gasteiger charge is -2.86. The summed E-state index contributed by atoms with van der Waals surface area (Å²) in [6.45, 7) is 13.8. The van der Waals surface area contributed by atoms with Crippen LogP contribution >= 0.6 is 0 Å². The minimum atomic E-state index is -0.917. The number of nitrogens with one attached hydrogen (secondary N) is 2. The van der Waals surface area contributed by atoms with E-state index in [4.69, 9.17) is 9.57 Å². The second-order valence-electron chi connectivity index (χ2n) is 17.3. The lowest BCUT2D eigenvalue weighted by Crippen LogP contribution is -2.90. The van der Waals surface area contributed by atoms with Crippen LogP contribution in [0.15, 0.2) is 36.4 Å². The molecule has 10 nitrogen and oxygen atoms in total. The number of carbonyl (C=O) groups is 2. The summed E-state index contributed by atoms with van der Waals surface area (Å²) in [5.74, 6) is 1.26. The van der Waals surface area contributed by atoms with Crippen molar-refractivity contribution in [3.05, 3.63) is 53.3 Å². The second kappa shape index (κ2) is 14.6. The number of ether oxygens (including phenoxy) is 1. The number of benzene rings is 2. The maximum absolute atomic E-state index is 15.2. The minimum Gasteiger partial charge on any atom is -0.496 e. The van der Waals surface area contributed by atoms with Crippen molar-refractivity contribution in [3.63, 3.8) is 0 Å². The average Bonchev–Trinajstić information content (AvgIpc) is 3.45. The fourth-order valence-corrected chi connectivity index (χ4v) is 10.7. The van der Waals surface area contributed by atoms with Crippen molar-refractivity contribution in [1.82, 2.24) is 20.6 Å². The maximum Gasteiger partial charge on any atom is 0.254 e. The van der Waals surface area contributed by atoms with E-state index in [1.807, 2.05) is 32.3 Å². The van der Waals surface area contributed by atoms with Gasteiger partial charge in [0.25, 0.3) is 5.91 Å². The molecule has 3 saturated carbocycles. The molecule has 52 heavy (non-hydrogen) atoms. The standard InChI is InChI=1S/C41H59FN4O6/c1-22(2)15-25(19-45(7)8)18-43-38(49)29-16-26(13-14-31(29)42)28-12-10-11-27(37(28)51-9)20-46-36(33(24(4)48)32(21-47)52-46)39(50)44-41-17-30-35(41)34(23(41)3)40(30,5)6/h10-14,16,22-25,30,32-36,47-48H,15,17-21H2,1-9H3,(H,43,49)(H,44,50)/t23-,24-,25?,30-,32-,33+,34+,35?,36-,41+/m0/s1. The van der Waals surface area contributed by atoms with E-state index in [0.717, 1.165) is 19.4 Å². The molecule has 0 spiro atoms. The van der Waals surface area contributed by atoms with Crippen LogP contribution in [0, 0.1) is 52.7 Å². The summed E-state index contributed by atoms with van der Waals surface area (Å²) in [5.41, 5.74) is 1.94. The topological polar surface area (TPSA) is 124 Å². The zero-order valence-corrected chi connectivity index (χ0v) is 32.3. The Hall–Kier alpha value is -3.09. The largest absolute Gasteiger partial charge is 0.496 e. The second-order valence-corrected chi connectivity index (χ2v) is 17.3. The van der Waals surface area contributed by atoms with E-state index in [1.54, 1.807) is 31.2 Å². The van der Waals surface area contributed by atoms with Crippen molar-refractivity contribution >= 4 is 11.8 Å². The van der Waals surface area contributed by atoms with Crippen LogP contribution in [-0.2, 0) is 16.2 Å². The number of rotatable bonds is 15. The smallest absolute Gasteiger partial charge is 0.254 e. The first-order valence-electron chi connectivity index (χ1n) is 19.0. The van der Waals surface area contributed by atoms with Crippen LogP contribution in [0.2, 0.25) is 0 Å². The zero-order valence-electron chi connectivity index (χ0n) is 32.3. The van der Waals surface area contributed by atoms with Crippen molar-refractivity contribution in [2.45, 2.75) is 84.7 Å². The molecular formula is C41H59FN4O6. The normalized spacial score (nSPS) is 31.2. The van der Waals surface area contributed by atoms with E-state index < -0.39 is 35.9 Å². The Labute approximate surface area is 308 Å². The first-order chi connectivity index (χ1) is 24.5. The van der Waals surface area contributed by atoms with Gasteiger partial charge in [-0.2, -0.15) is 5.06 Å². The van der Waals surface area contributed by atoms with Gasteiger partial charge in [-0.25, -0.2) is 4.39 Å². The van der Waals surface area contributed by atoms with Gasteiger partial charge in [-0.3, -0.25) is 14.4 Å². The molecule has 2 unspecified atom stereocenters. The molecule has 3 aliphatic carbocycles. The summed E-state index contributed by atoms with van der Waals surface area (Å²) >= 11 is 0. The van der Waals surface area contributed by atoms with Gasteiger partial charge >= 0.3 is 0 Å². The molecule has 2 amide bonds. The first-order valence-corrected chi connectivity index (χ1v) is 19.0. The van der Waals surface area contributed by atoms with Gasteiger partial charge in [-0.1, -0.05) is 58.9 Å². The van der Waals surface area contributed by atoms with E-state index in [0.29, 0.717) is 64.0 Å². The highest BCUT2D eigenvalue weighted by molar-refractivity contribution is 5.96. The van der Waals surface area contributed by atoms with Crippen LogP contribution in [0.4, 0.5) is 4.39 Å². The molecule has 0 radical (unpaired) electrons. The fraction of sp³-hybridized carbons (Fsp3) is 0.659. The summed E-state index contributed by atoms with van der Waals surface area (Å²) in [6, 6.07) is 9.16. The van der Waals surface area contributed by atoms with Crippen LogP contribution in [0.3, 0.4) is 0 Å². The highest BCUT2D eigenvalue weighted by Gasteiger charge is 2.83. The van der Waals surface area contributed by atoms with E-state index in [2.05, 4.69) is 50.2 Å². The molecule has 4 fully saturated rings. The molecule has 2 aromatic rings. The quantitative estimate of drug-likeness (QED) is 0.208. The number of aliphatic hydroxyl groups excluding tert-OH is 2. The average molecular weight is 723 g/mol. The monoisotopic (exact) mass is 722 g/mol. The Balaban J connectivity index is 1.23. The highest BCUT2D eigenvalue weighted by atomic mass is 19.1. The Morgan fingerprint density at radius 1 is 1.15 bits per heavy atom. The van der Waals surface area contributed by atoms with E-state index in [9.17, 15) is 19.8 Å². The van der Waals surface area contributed by atoms with Crippen molar-refractivity contribution in [2.75, 3.05) is 40.9 Å². The molecule has 1 saturated heterocycles. The predicted octanol–water partition coefficient (Wildman–Crippen LogP) is 4.73. The van der Waals surface area contributed by atoms with Gasteiger partial charge < -0.3 is 30.5 Å².